The molecule has 0 aromatic heterocycles. The first-order chi connectivity index (χ1) is 32.0. The average molecular weight is 897 g/mol. The summed E-state index contributed by atoms with van der Waals surface area (Å²) in [6.07, 6.45) is 73.0. The monoisotopic (exact) mass is 897 g/mol. The molecule has 0 aromatic rings. The van der Waals surface area contributed by atoms with Crippen molar-refractivity contribution in [3.63, 3.8) is 0 Å². The summed E-state index contributed by atoms with van der Waals surface area (Å²) in [6, 6.07) is 0. The first-order valence-electron chi connectivity index (χ1n) is 25.7. The van der Waals surface area contributed by atoms with Gasteiger partial charge in [-0.3, -0.25) is 14.4 Å². The van der Waals surface area contributed by atoms with Crippen molar-refractivity contribution in [3.8, 4) is 0 Å². The average Bonchev–Trinajstić information content (AvgIpc) is 3.30. The molecule has 0 bridgehead atoms. The van der Waals surface area contributed by atoms with E-state index in [0.717, 1.165) is 135 Å². The van der Waals surface area contributed by atoms with Crippen LogP contribution in [0.3, 0.4) is 0 Å². The fraction of sp³-hybridized carbons (Fsp3) is 0.576. The van der Waals surface area contributed by atoms with Gasteiger partial charge < -0.3 is 14.2 Å². The summed E-state index contributed by atoms with van der Waals surface area (Å²) < 4.78 is 16.7. The van der Waals surface area contributed by atoms with Gasteiger partial charge in [-0.2, -0.15) is 0 Å². The van der Waals surface area contributed by atoms with Crippen molar-refractivity contribution >= 4 is 17.9 Å². The predicted molar refractivity (Wildman–Crippen MR) is 279 cm³/mol. The van der Waals surface area contributed by atoms with Gasteiger partial charge in [0.05, 0.1) is 0 Å². The van der Waals surface area contributed by atoms with E-state index in [0.29, 0.717) is 25.7 Å². The van der Waals surface area contributed by atoms with Crippen LogP contribution in [0.5, 0.6) is 0 Å². The molecule has 1 unspecified atom stereocenters. The van der Waals surface area contributed by atoms with Crippen molar-refractivity contribution in [1.29, 1.82) is 0 Å². The van der Waals surface area contributed by atoms with Crippen LogP contribution in [0.2, 0.25) is 0 Å². The van der Waals surface area contributed by atoms with Gasteiger partial charge >= 0.3 is 17.9 Å². The maximum absolute atomic E-state index is 12.8. The van der Waals surface area contributed by atoms with Crippen molar-refractivity contribution in [1.82, 2.24) is 0 Å². The smallest absolute Gasteiger partial charge is 0.306 e. The molecule has 0 aliphatic rings. The van der Waals surface area contributed by atoms with Crippen LogP contribution in [0.15, 0.2) is 134 Å². The highest BCUT2D eigenvalue weighted by Crippen LogP contribution is 2.12. The molecule has 65 heavy (non-hydrogen) atoms. The topological polar surface area (TPSA) is 78.9 Å². The Morgan fingerprint density at radius 1 is 0.308 bits per heavy atom. The molecule has 6 heteroatoms. The van der Waals surface area contributed by atoms with Crippen molar-refractivity contribution in [3.05, 3.63) is 134 Å². The number of hydrogen-bond donors (Lipinski definition) is 0. The molecule has 0 aliphatic heterocycles. The molecule has 0 heterocycles. The Hall–Kier alpha value is -4.45. The third-order valence-corrected chi connectivity index (χ3v) is 10.1. The quantitative estimate of drug-likeness (QED) is 0.0262. The second kappa shape index (κ2) is 52.2. The molecule has 0 spiro atoms. The minimum atomic E-state index is -0.821. The number of ether oxygens (including phenoxy) is 3. The lowest BCUT2D eigenvalue weighted by molar-refractivity contribution is -0.167. The molecular formula is C59H92O6. The largest absolute Gasteiger partial charge is 0.462 e. The van der Waals surface area contributed by atoms with Crippen LogP contribution in [0, 0.1) is 0 Å². The SMILES string of the molecule is CC/C=C\C/C=C\C/C=C\C/C=C\CCCCCCCCC(=O)OCC(COC(=O)CCCC/C=C\C/C=C\C/C=C\CC)OC(=O)CCCCC/C=C\C/C=C\C/C=C\C/C=C\CC. The van der Waals surface area contributed by atoms with Crippen molar-refractivity contribution in [2.75, 3.05) is 13.2 Å². The van der Waals surface area contributed by atoms with Crippen LogP contribution in [0.4, 0.5) is 0 Å². The highest BCUT2D eigenvalue weighted by Gasteiger charge is 2.19. The lowest BCUT2D eigenvalue weighted by atomic mass is 10.1. The van der Waals surface area contributed by atoms with Gasteiger partial charge in [-0.05, 0) is 128 Å². The number of carbonyl (C=O) groups excluding carboxylic acids is 3. The van der Waals surface area contributed by atoms with Crippen molar-refractivity contribution in [2.45, 2.75) is 207 Å². The standard InChI is InChI=1S/C59H92O6/c1-4-7-10-13-16-19-22-25-27-29-30-31-33-34-37-40-43-46-49-52-58(61)64-55-56(54-63-57(60)51-48-45-42-39-36-24-21-18-15-12-9-6-3)65-59(62)53-50-47-44-41-38-35-32-28-26-23-20-17-14-11-8-5-2/h7-12,16-21,25-28,30-31,35-36,38-39,56H,4-6,13-15,22-24,29,32-34,37,40-55H2,1-3H3/b10-7-,11-8-,12-9-,19-16-,20-17-,21-18-,27-25-,28-26-,31-30-,38-35-,39-36-. The summed E-state index contributed by atoms with van der Waals surface area (Å²) in [5, 5.41) is 0. The van der Waals surface area contributed by atoms with Gasteiger partial charge in [-0.15, -0.1) is 0 Å². The Morgan fingerprint density at radius 2 is 0.554 bits per heavy atom. The van der Waals surface area contributed by atoms with Crippen LogP contribution in [0.25, 0.3) is 0 Å². The Balaban J connectivity index is 4.52. The fourth-order valence-corrected chi connectivity index (χ4v) is 6.38. The molecule has 0 saturated carbocycles. The molecule has 6 nitrogen and oxygen atoms in total. The molecule has 364 valence electrons. The van der Waals surface area contributed by atoms with Crippen LogP contribution in [0.1, 0.15) is 201 Å². The number of allylic oxidation sites excluding steroid dienone is 22. The van der Waals surface area contributed by atoms with E-state index in [9.17, 15) is 14.4 Å². The Kier molecular flexibility index (Phi) is 48.6. The van der Waals surface area contributed by atoms with Gasteiger partial charge in [0, 0.05) is 19.3 Å². The molecule has 0 rings (SSSR count). The Morgan fingerprint density at radius 3 is 0.908 bits per heavy atom. The molecular weight excluding hydrogens is 805 g/mol. The molecule has 0 amide bonds. The highest BCUT2D eigenvalue weighted by molar-refractivity contribution is 5.71. The van der Waals surface area contributed by atoms with Crippen LogP contribution < -0.4 is 0 Å². The van der Waals surface area contributed by atoms with Gasteiger partial charge in [0.25, 0.3) is 0 Å². The van der Waals surface area contributed by atoms with Gasteiger partial charge in [0.1, 0.15) is 13.2 Å². The van der Waals surface area contributed by atoms with E-state index in [1.807, 2.05) is 0 Å². The summed E-state index contributed by atoms with van der Waals surface area (Å²) in [5.41, 5.74) is 0. The minimum absolute atomic E-state index is 0.116. The van der Waals surface area contributed by atoms with E-state index in [-0.39, 0.29) is 37.5 Å². The molecule has 0 fully saturated rings. The summed E-state index contributed by atoms with van der Waals surface area (Å²) in [4.78, 5) is 38.0. The lowest BCUT2D eigenvalue weighted by Crippen LogP contribution is -2.30. The van der Waals surface area contributed by atoms with Gasteiger partial charge in [0.15, 0.2) is 6.10 Å². The predicted octanol–water partition coefficient (Wildman–Crippen LogP) is 17.1. The minimum Gasteiger partial charge on any atom is -0.462 e. The fourth-order valence-electron chi connectivity index (χ4n) is 6.38. The van der Waals surface area contributed by atoms with E-state index in [1.165, 1.54) is 12.8 Å². The second-order valence-electron chi connectivity index (χ2n) is 16.3. The first-order valence-corrected chi connectivity index (χ1v) is 25.7. The molecule has 0 N–H and O–H groups in total. The number of rotatable bonds is 44. The lowest BCUT2D eigenvalue weighted by Gasteiger charge is -2.18. The van der Waals surface area contributed by atoms with Gasteiger partial charge in [-0.25, -0.2) is 0 Å². The van der Waals surface area contributed by atoms with E-state index >= 15 is 0 Å². The zero-order chi connectivity index (χ0) is 47.2. The Labute approximate surface area is 398 Å². The number of hydrogen-bond acceptors (Lipinski definition) is 6. The highest BCUT2D eigenvalue weighted by atomic mass is 16.6. The molecule has 1 atom stereocenters. The van der Waals surface area contributed by atoms with E-state index < -0.39 is 6.10 Å². The summed E-state index contributed by atoms with van der Waals surface area (Å²) >= 11 is 0. The van der Waals surface area contributed by atoms with E-state index in [4.69, 9.17) is 14.2 Å². The Bertz CT molecular complexity index is 1450. The molecule has 0 aromatic carbocycles. The number of esters is 3. The summed E-state index contributed by atoms with van der Waals surface area (Å²) in [7, 11) is 0. The number of carbonyl (C=O) groups is 3. The molecule has 0 radical (unpaired) electrons. The van der Waals surface area contributed by atoms with Gasteiger partial charge in [0.2, 0.25) is 0 Å². The van der Waals surface area contributed by atoms with Crippen LogP contribution in [-0.2, 0) is 28.6 Å². The van der Waals surface area contributed by atoms with Crippen molar-refractivity contribution in [2.24, 2.45) is 0 Å². The van der Waals surface area contributed by atoms with E-state index in [1.54, 1.807) is 0 Å². The van der Waals surface area contributed by atoms with Crippen LogP contribution >= 0.6 is 0 Å². The third kappa shape index (κ3) is 50.4. The summed E-state index contributed by atoms with van der Waals surface area (Å²) in [5.74, 6) is -1.01. The zero-order valence-electron chi connectivity index (χ0n) is 41.4. The van der Waals surface area contributed by atoms with Crippen molar-refractivity contribution < 1.29 is 28.6 Å². The normalized spacial score (nSPS) is 13.2. The first kappa shape index (κ1) is 60.5. The van der Waals surface area contributed by atoms with Crippen LogP contribution in [-0.4, -0.2) is 37.2 Å². The van der Waals surface area contributed by atoms with E-state index in [2.05, 4.69) is 154 Å². The molecule has 0 saturated heterocycles. The summed E-state index contributed by atoms with van der Waals surface area (Å²) in [6.45, 7) is 6.20. The second-order valence-corrected chi connectivity index (χ2v) is 16.3. The maximum Gasteiger partial charge on any atom is 0.306 e. The third-order valence-electron chi connectivity index (χ3n) is 10.1. The number of unbranched alkanes of at least 4 members (excludes halogenated alkanes) is 11. The zero-order valence-corrected chi connectivity index (χ0v) is 41.4. The van der Waals surface area contributed by atoms with Gasteiger partial charge in [-0.1, -0.05) is 187 Å². The molecule has 0 aliphatic carbocycles. The maximum atomic E-state index is 12.8.